The van der Waals surface area contributed by atoms with E-state index in [1.54, 1.807) is 0 Å². The number of anilines is 1. The Hall–Kier alpha value is -2.94. The highest BCUT2D eigenvalue weighted by Gasteiger charge is 2.09. The molecule has 0 aliphatic heterocycles. The van der Waals surface area contributed by atoms with Crippen LogP contribution < -0.4 is 11.3 Å². The summed E-state index contributed by atoms with van der Waals surface area (Å²) in [7, 11) is 0. The molecule has 8 nitrogen and oxygen atoms in total. The first-order valence-corrected chi connectivity index (χ1v) is 7.76. The van der Waals surface area contributed by atoms with E-state index in [-0.39, 0.29) is 17.3 Å². The van der Waals surface area contributed by atoms with Gasteiger partial charge in [-0.1, -0.05) is 30.0 Å². The van der Waals surface area contributed by atoms with Crippen LogP contribution >= 0.6 is 11.8 Å². The Morgan fingerprint density at radius 1 is 1.22 bits per heavy atom. The number of rotatable bonds is 3. The van der Waals surface area contributed by atoms with Gasteiger partial charge in [-0.15, -0.1) is 0 Å². The first-order chi connectivity index (χ1) is 11.2. The normalized spacial score (nSPS) is 11.3. The van der Waals surface area contributed by atoms with E-state index in [1.165, 1.54) is 28.7 Å². The second-order valence-corrected chi connectivity index (χ2v) is 5.78. The predicted octanol–water partition coefficient (Wildman–Crippen LogP) is 1.24. The zero-order valence-corrected chi connectivity index (χ0v) is 12.6. The smallest absolute Gasteiger partial charge is 0.274 e. The lowest BCUT2D eigenvalue weighted by Gasteiger charge is -2.04. The van der Waals surface area contributed by atoms with Crippen LogP contribution in [0, 0.1) is 0 Å². The number of fused-ring (bicyclic) bond motifs is 2. The fourth-order valence-electron chi connectivity index (χ4n) is 2.26. The number of hydrogen-bond acceptors (Lipinski definition) is 7. The van der Waals surface area contributed by atoms with Crippen molar-refractivity contribution in [1.29, 1.82) is 0 Å². The third-order valence-corrected chi connectivity index (χ3v) is 4.30. The van der Waals surface area contributed by atoms with Gasteiger partial charge in [0.1, 0.15) is 11.4 Å². The molecule has 0 unspecified atom stereocenters. The van der Waals surface area contributed by atoms with Gasteiger partial charge in [0, 0.05) is 17.2 Å². The van der Waals surface area contributed by atoms with Gasteiger partial charge < -0.3 is 5.73 Å². The summed E-state index contributed by atoms with van der Waals surface area (Å²) >= 11 is 1.50. The third-order valence-electron chi connectivity index (χ3n) is 3.26. The van der Waals surface area contributed by atoms with E-state index in [1.807, 2.05) is 24.3 Å². The minimum atomic E-state index is -0.248. The molecule has 3 aromatic heterocycles. The van der Waals surface area contributed by atoms with Gasteiger partial charge in [-0.3, -0.25) is 9.89 Å². The topological polar surface area (TPSA) is 115 Å². The molecule has 3 heterocycles. The lowest BCUT2D eigenvalue weighted by molar-refractivity contribution is 0.891. The number of nitrogens with two attached hydrogens (primary N) is 1. The summed E-state index contributed by atoms with van der Waals surface area (Å²) < 4.78 is 1.21. The van der Waals surface area contributed by atoms with Crippen LogP contribution in [0.2, 0.25) is 0 Å². The maximum absolute atomic E-state index is 12.0. The maximum Gasteiger partial charge on any atom is 0.274 e. The lowest BCUT2D eigenvalue weighted by Crippen LogP contribution is -2.15. The van der Waals surface area contributed by atoms with E-state index in [0.717, 1.165) is 15.9 Å². The molecule has 9 heteroatoms. The summed E-state index contributed by atoms with van der Waals surface area (Å²) in [6, 6.07) is 9.24. The Labute approximate surface area is 133 Å². The largest absolute Gasteiger partial charge is 0.368 e. The molecular weight excluding hydrogens is 314 g/mol. The van der Waals surface area contributed by atoms with Gasteiger partial charge >= 0.3 is 0 Å². The molecule has 0 amide bonds. The Morgan fingerprint density at radius 2 is 2.09 bits per heavy atom. The van der Waals surface area contributed by atoms with Crippen molar-refractivity contribution in [1.82, 2.24) is 29.5 Å². The predicted molar refractivity (Wildman–Crippen MR) is 87.1 cm³/mol. The summed E-state index contributed by atoms with van der Waals surface area (Å²) in [4.78, 5) is 28.8. The molecule has 4 aromatic rings. The number of hydrogen-bond donors (Lipinski definition) is 2. The Morgan fingerprint density at radius 3 is 3.00 bits per heavy atom. The number of H-pyrrole nitrogens is 1. The molecule has 0 bridgehead atoms. The van der Waals surface area contributed by atoms with E-state index < -0.39 is 0 Å². The summed E-state index contributed by atoms with van der Waals surface area (Å²) in [5, 5.41) is 4.45. The van der Waals surface area contributed by atoms with Gasteiger partial charge in [-0.25, -0.2) is 15.0 Å². The van der Waals surface area contributed by atoms with Crippen molar-refractivity contribution < 1.29 is 0 Å². The molecule has 1 aromatic carbocycles. The second-order valence-electron chi connectivity index (χ2n) is 4.81. The minimum Gasteiger partial charge on any atom is -0.368 e. The molecule has 0 spiro atoms. The molecule has 0 atom stereocenters. The van der Waals surface area contributed by atoms with Gasteiger partial charge in [-0.2, -0.15) is 9.50 Å². The van der Waals surface area contributed by atoms with Crippen molar-refractivity contribution >= 4 is 34.4 Å². The van der Waals surface area contributed by atoms with E-state index in [9.17, 15) is 4.79 Å². The number of para-hydroxylation sites is 1. The first-order valence-electron chi connectivity index (χ1n) is 6.77. The number of aromatic nitrogens is 6. The third kappa shape index (κ3) is 2.50. The molecule has 4 rings (SSSR count). The molecular formula is C14H11N7OS. The summed E-state index contributed by atoms with van der Waals surface area (Å²) in [6.07, 6.45) is 1.53. The minimum absolute atomic E-state index is 0.154. The van der Waals surface area contributed by atoms with Crippen LogP contribution in [-0.2, 0) is 5.75 Å². The summed E-state index contributed by atoms with van der Waals surface area (Å²) in [6.45, 7) is 0. The zero-order chi connectivity index (χ0) is 15.8. The Bertz CT molecular complexity index is 1070. The SMILES string of the molecule is Nc1nc2nc(CSc3ncnc4ccccc34)cc(=O)n2[nH]1. The van der Waals surface area contributed by atoms with Crippen LogP contribution in [0.25, 0.3) is 16.7 Å². The van der Waals surface area contributed by atoms with Gasteiger partial charge in [0.2, 0.25) is 5.95 Å². The molecule has 0 saturated heterocycles. The number of nitrogen functional groups attached to an aromatic ring is 1. The molecule has 0 saturated carbocycles. The monoisotopic (exact) mass is 325 g/mol. The lowest BCUT2D eigenvalue weighted by atomic mass is 10.2. The molecule has 0 aliphatic rings. The number of benzene rings is 1. The number of nitrogens with zero attached hydrogens (tertiary/aromatic N) is 5. The van der Waals surface area contributed by atoms with Crippen molar-refractivity contribution in [2.75, 3.05) is 5.73 Å². The van der Waals surface area contributed by atoms with Crippen LogP contribution in [0.15, 0.2) is 46.5 Å². The quantitative estimate of drug-likeness (QED) is 0.430. The number of thioether (sulfide) groups is 1. The van der Waals surface area contributed by atoms with Gasteiger partial charge in [0.25, 0.3) is 11.3 Å². The highest BCUT2D eigenvalue weighted by Crippen LogP contribution is 2.26. The average Bonchev–Trinajstić information content (AvgIpc) is 2.94. The molecule has 0 aliphatic carbocycles. The standard InChI is InChI=1S/C14H11N7OS/c15-13-19-14-18-8(5-11(22)21(14)20-13)6-23-12-9-3-1-2-4-10(9)16-7-17-12/h1-5,7H,6H2,(H3,15,18,19,20). The number of aromatic amines is 1. The first kappa shape index (κ1) is 13.7. The van der Waals surface area contributed by atoms with Gasteiger partial charge in [-0.05, 0) is 6.07 Å². The summed E-state index contributed by atoms with van der Waals surface area (Å²) in [5.41, 5.74) is 6.80. The Kier molecular flexibility index (Phi) is 3.19. The van der Waals surface area contributed by atoms with Crippen molar-refractivity contribution in [2.45, 2.75) is 10.8 Å². The highest BCUT2D eigenvalue weighted by atomic mass is 32.2. The van der Waals surface area contributed by atoms with Crippen LogP contribution in [0.3, 0.4) is 0 Å². The fourth-order valence-corrected chi connectivity index (χ4v) is 3.14. The van der Waals surface area contributed by atoms with Crippen LogP contribution in [0.1, 0.15) is 5.69 Å². The summed E-state index contributed by atoms with van der Waals surface area (Å²) in [5.74, 6) is 0.916. The van der Waals surface area contributed by atoms with Crippen LogP contribution in [-0.4, -0.2) is 29.5 Å². The van der Waals surface area contributed by atoms with Crippen molar-refractivity contribution in [3.63, 3.8) is 0 Å². The molecule has 0 fully saturated rings. The van der Waals surface area contributed by atoms with E-state index in [2.05, 4.69) is 25.0 Å². The second kappa shape index (κ2) is 5.36. The van der Waals surface area contributed by atoms with Crippen LogP contribution in [0.5, 0.6) is 0 Å². The van der Waals surface area contributed by atoms with Gasteiger partial charge in [0.05, 0.1) is 11.2 Å². The zero-order valence-electron chi connectivity index (χ0n) is 11.8. The molecule has 23 heavy (non-hydrogen) atoms. The van der Waals surface area contributed by atoms with Gasteiger partial charge in [0.15, 0.2) is 0 Å². The van der Waals surface area contributed by atoms with E-state index in [4.69, 9.17) is 5.73 Å². The van der Waals surface area contributed by atoms with Crippen LogP contribution in [0.4, 0.5) is 5.95 Å². The maximum atomic E-state index is 12.0. The fraction of sp³-hybridized carbons (Fsp3) is 0.0714. The average molecular weight is 325 g/mol. The van der Waals surface area contributed by atoms with Crippen molar-refractivity contribution in [3.05, 3.63) is 52.7 Å². The highest BCUT2D eigenvalue weighted by molar-refractivity contribution is 7.98. The number of nitrogens with one attached hydrogen (secondary N) is 1. The molecule has 3 N–H and O–H groups in total. The van der Waals surface area contributed by atoms with E-state index >= 15 is 0 Å². The molecule has 114 valence electrons. The Balaban J connectivity index is 1.67. The molecule has 0 radical (unpaired) electrons. The van der Waals surface area contributed by atoms with Crippen molar-refractivity contribution in [3.8, 4) is 0 Å². The van der Waals surface area contributed by atoms with E-state index in [0.29, 0.717) is 11.4 Å². The van der Waals surface area contributed by atoms with Crippen molar-refractivity contribution in [2.24, 2.45) is 0 Å².